The van der Waals surface area contributed by atoms with Gasteiger partial charge < -0.3 is 24.5 Å². The van der Waals surface area contributed by atoms with Crippen molar-refractivity contribution in [2.75, 3.05) is 39.4 Å². The smallest absolute Gasteiger partial charge is 0.191 e. The summed E-state index contributed by atoms with van der Waals surface area (Å²) in [6.07, 6.45) is 5.30. The highest BCUT2D eigenvalue weighted by molar-refractivity contribution is 14.0. The average Bonchev–Trinajstić information content (AvgIpc) is 3.57. The van der Waals surface area contributed by atoms with Gasteiger partial charge in [-0.2, -0.15) is 0 Å². The van der Waals surface area contributed by atoms with Crippen molar-refractivity contribution < 1.29 is 13.9 Å². The maximum atomic E-state index is 6.24. The Labute approximate surface area is 214 Å². The van der Waals surface area contributed by atoms with E-state index in [2.05, 4.69) is 53.6 Å². The Morgan fingerprint density at radius 3 is 2.79 bits per heavy atom. The maximum absolute atomic E-state index is 6.24. The maximum Gasteiger partial charge on any atom is 0.191 e. The summed E-state index contributed by atoms with van der Waals surface area (Å²) in [4.78, 5) is 7.35. The summed E-state index contributed by atoms with van der Waals surface area (Å²) < 4.78 is 17.5. The molecule has 33 heavy (non-hydrogen) atoms. The largest absolute Gasteiger partial charge is 0.488 e. The fourth-order valence-electron chi connectivity index (χ4n) is 4.33. The highest BCUT2D eigenvalue weighted by atomic mass is 127. The van der Waals surface area contributed by atoms with Crippen LogP contribution in [-0.4, -0.2) is 56.4 Å². The van der Waals surface area contributed by atoms with Crippen LogP contribution >= 0.6 is 24.0 Å². The molecule has 8 heteroatoms. The van der Waals surface area contributed by atoms with Crippen molar-refractivity contribution in [1.29, 1.82) is 0 Å². The molecule has 2 aliphatic rings. The lowest BCUT2D eigenvalue weighted by Crippen LogP contribution is -2.42. The lowest BCUT2D eigenvalue weighted by atomic mass is 10.1. The first-order chi connectivity index (χ1) is 15.7. The Kier molecular flexibility index (Phi) is 10.3. The molecule has 0 radical (unpaired) electrons. The van der Waals surface area contributed by atoms with Crippen LogP contribution in [0.2, 0.25) is 0 Å². The van der Waals surface area contributed by atoms with Gasteiger partial charge in [0.15, 0.2) is 5.96 Å². The third kappa shape index (κ3) is 7.35. The first-order valence-corrected chi connectivity index (χ1v) is 11.9. The van der Waals surface area contributed by atoms with Crippen molar-refractivity contribution in [2.24, 2.45) is 4.99 Å². The molecule has 7 nitrogen and oxygen atoms in total. The zero-order valence-electron chi connectivity index (χ0n) is 19.7. The molecule has 0 bridgehead atoms. The topological polar surface area (TPSA) is 71.3 Å². The molecule has 2 saturated heterocycles. The van der Waals surface area contributed by atoms with Gasteiger partial charge in [-0.1, -0.05) is 12.1 Å². The van der Waals surface area contributed by atoms with E-state index < -0.39 is 0 Å². The Bertz CT molecular complexity index is 863. The lowest BCUT2D eigenvalue weighted by Gasteiger charge is -2.26. The van der Waals surface area contributed by atoms with Crippen LogP contribution in [0.4, 0.5) is 0 Å². The number of ether oxygens (including phenoxy) is 2. The summed E-state index contributed by atoms with van der Waals surface area (Å²) in [5.74, 6) is 2.72. The first kappa shape index (κ1) is 25.8. The van der Waals surface area contributed by atoms with Crippen LogP contribution in [-0.2, 0) is 11.3 Å². The van der Waals surface area contributed by atoms with E-state index in [1.54, 1.807) is 6.26 Å². The summed E-state index contributed by atoms with van der Waals surface area (Å²) >= 11 is 0. The second-order valence-electron chi connectivity index (χ2n) is 8.56. The van der Waals surface area contributed by atoms with Crippen LogP contribution in [0.25, 0.3) is 0 Å². The summed E-state index contributed by atoms with van der Waals surface area (Å²) in [5.41, 5.74) is 2.27. The van der Waals surface area contributed by atoms with Crippen LogP contribution in [0.5, 0.6) is 5.75 Å². The molecular weight excluding hydrogens is 531 g/mol. The van der Waals surface area contributed by atoms with E-state index in [0.29, 0.717) is 13.2 Å². The molecular formula is C25H37IN4O3. The predicted octanol–water partition coefficient (Wildman–Crippen LogP) is 4.27. The molecule has 182 valence electrons. The minimum Gasteiger partial charge on any atom is -0.488 e. The fraction of sp³-hybridized carbons (Fsp3) is 0.560. The highest BCUT2D eigenvalue weighted by Crippen LogP contribution is 2.26. The standard InChI is InChI=1S/C25H36N4O3.HI/c1-3-26-25(28-17-22(23-7-6-13-31-23)29-11-4-5-12-29)27-16-20-9-8-19(2)15-24(20)32-21-10-14-30-18-21;/h6-9,13,15,21-22H,3-5,10-12,14,16-18H2,1-2H3,(H2,26,27,28);1H. The second kappa shape index (κ2) is 13.2. The lowest BCUT2D eigenvalue weighted by molar-refractivity contribution is 0.140. The molecule has 2 aliphatic heterocycles. The van der Waals surface area contributed by atoms with E-state index in [1.165, 1.54) is 18.4 Å². The van der Waals surface area contributed by atoms with Gasteiger partial charge in [-0.05, 0) is 63.5 Å². The molecule has 2 fully saturated rings. The Hall–Kier alpha value is -1.78. The monoisotopic (exact) mass is 568 g/mol. The van der Waals surface area contributed by atoms with Crippen molar-refractivity contribution in [2.45, 2.75) is 51.8 Å². The Morgan fingerprint density at radius 1 is 1.24 bits per heavy atom. The van der Waals surface area contributed by atoms with Crippen LogP contribution in [0.3, 0.4) is 0 Å². The summed E-state index contributed by atoms with van der Waals surface area (Å²) in [5, 5.41) is 6.91. The second-order valence-corrected chi connectivity index (χ2v) is 8.56. The van der Waals surface area contributed by atoms with Crippen LogP contribution < -0.4 is 15.4 Å². The number of hydrogen-bond acceptors (Lipinski definition) is 5. The van der Waals surface area contributed by atoms with Gasteiger partial charge >= 0.3 is 0 Å². The molecule has 2 unspecified atom stereocenters. The van der Waals surface area contributed by atoms with Gasteiger partial charge in [-0.25, -0.2) is 4.99 Å². The number of halogens is 1. The third-order valence-corrected chi connectivity index (χ3v) is 6.07. The molecule has 2 N–H and O–H groups in total. The van der Waals surface area contributed by atoms with E-state index in [1.807, 2.05) is 6.07 Å². The van der Waals surface area contributed by atoms with Crippen molar-refractivity contribution in [1.82, 2.24) is 15.5 Å². The molecule has 0 spiro atoms. The van der Waals surface area contributed by atoms with E-state index in [-0.39, 0.29) is 36.1 Å². The molecule has 1 aromatic carbocycles. The van der Waals surface area contributed by atoms with Gasteiger partial charge in [0.25, 0.3) is 0 Å². The summed E-state index contributed by atoms with van der Waals surface area (Å²) in [6, 6.07) is 10.6. The number of aliphatic imine (C=N–C) groups is 1. The van der Waals surface area contributed by atoms with E-state index in [4.69, 9.17) is 18.9 Å². The van der Waals surface area contributed by atoms with Gasteiger partial charge in [0.2, 0.25) is 0 Å². The van der Waals surface area contributed by atoms with Gasteiger partial charge in [-0.15, -0.1) is 24.0 Å². The number of nitrogens with zero attached hydrogens (tertiary/aromatic N) is 2. The van der Waals surface area contributed by atoms with Gasteiger partial charge in [-0.3, -0.25) is 4.90 Å². The predicted molar refractivity (Wildman–Crippen MR) is 142 cm³/mol. The van der Waals surface area contributed by atoms with Crippen LogP contribution in [0.15, 0.2) is 46.0 Å². The summed E-state index contributed by atoms with van der Waals surface area (Å²) in [6.45, 7) is 9.91. The van der Waals surface area contributed by atoms with Gasteiger partial charge in [0.1, 0.15) is 17.6 Å². The van der Waals surface area contributed by atoms with Crippen molar-refractivity contribution in [3.8, 4) is 5.75 Å². The van der Waals surface area contributed by atoms with Gasteiger partial charge in [0, 0.05) is 25.1 Å². The number of benzene rings is 1. The molecule has 2 aromatic rings. The van der Waals surface area contributed by atoms with Gasteiger partial charge in [0.05, 0.1) is 32.1 Å². The number of hydrogen-bond donors (Lipinski definition) is 2. The number of rotatable bonds is 9. The van der Waals surface area contributed by atoms with Crippen molar-refractivity contribution in [3.63, 3.8) is 0 Å². The normalized spacial score (nSPS) is 19.8. The molecule has 2 atom stereocenters. The number of likely N-dealkylation sites (tertiary alicyclic amines) is 1. The Morgan fingerprint density at radius 2 is 2.09 bits per heavy atom. The van der Waals surface area contributed by atoms with Crippen molar-refractivity contribution in [3.05, 3.63) is 53.5 Å². The molecule has 3 heterocycles. The third-order valence-electron chi connectivity index (χ3n) is 6.07. The number of aryl methyl sites for hydroxylation is 1. The molecule has 1 aromatic heterocycles. The van der Waals surface area contributed by atoms with E-state index in [0.717, 1.165) is 62.2 Å². The van der Waals surface area contributed by atoms with Crippen molar-refractivity contribution >= 4 is 29.9 Å². The Balaban J connectivity index is 0.00000306. The molecule has 0 aliphatic carbocycles. The number of guanidine groups is 1. The molecule has 0 saturated carbocycles. The van der Waals surface area contributed by atoms with E-state index in [9.17, 15) is 0 Å². The SMILES string of the molecule is CCNC(=NCc1ccc(C)cc1OC1CCOC1)NCC(c1ccco1)N1CCCC1.I. The first-order valence-electron chi connectivity index (χ1n) is 11.9. The zero-order chi connectivity index (χ0) is 22.2. The fourth-order valence-corrected chi connectivity index (χ4v) is 4.33. The number of furan rings is 1. The zero-order valence-corrected chi connectivity index (χ0v) is 22.0. The van der Waals surface area contributed by atoms with Crippen LogP contribution in [0, 0.1) is 6.92 Å². The van der Waals surface area contributed by atoms with E-state index >= 15 is 0 Å². The molecule has 0 amide bonds. The quantitative estimate of drug-likeness (QED) is 0.268. The average molecular weight is 569 g/mol. The number of nitrogens with one attached hydrogen (secondary N) is 2. The summed E-state index contributed by atoms with van der Waals surface area (Å²) in [7, 11) is 0. The molecule has 4 rings (SSSR count). The minimum absolute atomic E-state index is 0. The van der Waals surface area contributed by atoms with Crippen LogP contribution in [0.1, 0.15) is 49.1 Å². The highest BCUT2D eigenvalue weighted by Gasteiger charge is 2.25. The minimum atomic E-state index is 0.